The molecule has 3 aliphatic rings. The molecule has 4 nitrogen and oxygen atoms in total. The van der Waals surface area contributed by atoms with Crippen LogP contribution in [0, 0.1) is 0 Å². The van der Waals surface area contributed by atoms with Crippen LogP contribution in [-0.4, -0.2) is 11.7 Å². The maximum Gasteiger partial charge on any atom is 0.157 e. The summed E-state index contributed by atoms with van der Waals surface area (Å²) in [7, 11) is 0. The number of amidine groups is 2. The molecule has 2 N–H and O–H groups in total. The van der Waals surface area contributed by atoms with Gasteiger partial charge in [0.15, 0.2) is 5.84 Å². The molecule has 1 aliphatic heterocycles. The van der Waals surface area contributed by atoms with Crippen molar-refractivity contribution in [3.8, 4) is 0 Å². The molecule has 11 rings (SSSR count). The zero-order chi connectivity index (χ0) is 43.0. The van der Waals surface area contributed by atoms with Crippen molar-refractivity contribution in [1.82, 2.24) is 0 Å². The molecule has 2 heterocycles. The van der Waals surface area contributed by atoms with Crippen LogP contribution < -0.4 is 10.6 Å². The van der Waals surface area contributed by atoms with Gasteiger partial charge in [-0.3, -0.25) is 4.99 Å². The van der Waals surface area contributed by atoms with E-state index in [1.54, 1.807) is 0 Å². The number of rotatable bonds is 8. The second kappa shape index (κ2) is 16.6. The van der Waals surface area contributed by atoms with Crippen molar-refractivity contribution in [2.24, 2.45) is 15.7 Å². The lowest BCUT2D eigenvalue weighted by atomic mass is 9.63. The standard InChI is InChI=1S/C59H46N4S/c1-2-19-48-46(37-35-40-34-36-45-44-26-12-17-33-54(44)64-55(45)38-40)56-47(57(60)62-58(42-22-8-4-9-23-42)61-39-41-20-6-3-7-21-41)27-18-30-51(56)59(48)49-28-13-15-31-52(49)63(43-24-10-5-11-25-43)53-32-16-14-29-50(53)59/h2-33,35,37-38H,34,36,39H2,1H3,(H2,60,61,62)/b19-2-,37-35+. The fraction of sp³-hybridized carbons (Fsp3) is 0.0847. The number of para-hydroxylation sites is 3. The Kier molecular flexibility index (Phi) is 10.2. The van der Waals surface area contributed by atoms with E-state index < -0.39 is 5.41 Å². The van der Waals surface area contributed by atoms with Crippen molar-refractivity contribution in [3.05, 3.63) is 267 Å². The summed E-state index contributed by atoms with van der Waals surface area (Å²) in [4.78, 5) is 14.1. The van der Waals surface area contributed by atoms with Crippen LogP contribution in [-0.2, 0) is 18.4 Å². The Morgan fingerprint density at radius 2 is 1.30 bits per heavy atom. The summed E-state index contributed by atoms with van der Waals surface area (Å²) in [5.74, 6) is 1.02. The highest BCUT2D eigenvalue weighted by atomic mass is 32.1. The Morgan fingerprint density at radius 1 is 0.656 bits per heavy atom. The van der Waals surface area contributed by atoms with Gasteiger partial charge in [-0.1, -0.05) is 176 Å². The van der Waals surface area contributed by atoms with Crippen LogP contribution in [0.15, 0.2) is 227 Å². The van der Waals surface area contributed by atoms with Gasteiger partial charge in [0.1, 0.15) is 5.84 Å². The van der Waals surface area contributed by atoms with E-state index in [-0.39, 0.29) is 0 Å². The summed E-state index contributed by atoms with van der Waals surface area (Å²) in [6.45, 7) is 2.61. The lowest BCUT2D eigenvalue weighted by molar-refractivity contribution is 0.746. The number of hydrogen-bond acceptors (Lipinski definition) is 3. The van der Waals surface area contributed by atoms with Gasteiger partial charge >= 0.3 is 0 Å². The van der Waals surface area contributed by atoms with Crippen molar-refractivity contribution in [1.29, 1.82) is 0 Å². The van der Waals surface area contributed by atoms with E-state index in [9.17, 15) is 0 Å². The molecule has 64 heavy (non-hydrogen) atoms. The highest BCUT2D eigenvalue weighted by Crippen LogP contribution is 2.63. The third-order valence-corrected chi connectivity index (χ3v) is 14.0. The minimum atomic E-state index is -0.681. The average molecular weight is 843 g/mol. The maximum atomic E-state index is 7.38. The molecule has 0 saturated carbocycles. The molecule has 0 bridgehead atoms. The number of fused-ring (bicyclic) bond motifs is 9. The second-order valence-electron chi connectivity index (χ2n) is 16.5. The molecule has 0 unspecified atom stereocenters. The molecule has 0 fully saturated rings. The lowest BCUT2D eigenvalue weighted by Crippen LogP contribution is -2.36. The fourth-order valence-corrected chi connectivity index (χ4v) is 11.3. The van der Waals surface area contributed by atoms with Crippen LogP contribution in [0.5, 0.6) is 0 Å². The van der Waals surface area contributed by atoms with Crippen LogP contribution in [0.2, 0.25) is 0 Å². The Balaban J connectivity index is 1.16. The summed E-state index contributed by atoms with van der Waals surface area (Å²) in [6.07, 6.45) is 13.6. The molecule has 1 spiro atoms. The molecule has 2 aliphatic carbocycles. The number of aliphatic imine (C=N–C) groups is 2. The number of thiophene rings is 1. The zero-order valence-corrected chi connectivity index (χ0v) is 36.5. The van der Waals surface area contributed by atoms with E-state index in [1.807, 2.05) is 47.7 Å². The Labute approximate surface area is 379 Å². The number of anilines is 3. The van der Waals surface area contributed by atoms with E-state index in [0.717, 1.165) is 57.7 Å². The van der Waals surface area contributed by atoms with Gasteiger partial charge in [0.2, 0.25) is 0 Å². The van der Waals surface area contributed by atoms with E-state index in [1.165, 1.54) is 48.4 Å². The molecule has 0 atom stereocenters. The van der Waals surface area contributed by atoms with Crippen LogP contribution >= 0.6 is 11.3 Å². The second-order valence-corrected chi connectivity index (χ2v) is 17.6. The Bertz CT molecular complexity index is 3210. The number of nitrogens with zero attached hydrogens (tertiary/aromatic N) is 3. The molecular weight excluding hydrogens is 797 g/mol. The first kappa shape index (κ1) is 39.3. The monoisotopic (exact) mass is 842 g/mol. The maximum absolute atomic E-state index is 7.38. The van der Waals surface area contributed by atoms with E-state index in [4.69, 9.17) is 15.7 Å². The molecule has 7 aromatic carbocycles. The first-order valence-electron chi connectivity index (χ1n) is 22.1. The predicted octanol–water partition coefficient (Wildman–Crippen LogP) is 14.3. The zero-order valence-electron chi connectivity index (χ0n) is 35.7. The third kappa shape index (κ3) is 6.59. The molecule has 8 aromatic rings. The number of nitrogens with two attached hydrogens (primary N) is 1. The van der Waals surface area contributed by atoms with Gasteiger partial charge in [-0.05, 0) is 112 Å². The Hall–Kier alpha value is -7.60. The number of aryl methyl sites for hydroxylation is 1. The molecule has 0 saturated heterocycles. The van der Waals surface area contributed by atoms with Crippen molar-refractivity contribution in [2.75, 3.05) is 4.90 Å². The van der Waals surface area contributed by atoms with Gasteiger partial charge < -0.3 is 10.6 Å². The summed E-state index contributed by atoms with van der Waals surface area (Å²) >= 11 is 1.89. The molecular formula is C59H46N4S. The summed E-state index contributed by atoms with van der Waals surface area (Å²) < 4.78 is 1.35. The Morgan fingerprint density at radius 3 is 2.03 bits per heavy atom. The van der Waals surface area contributed by atoms with Crippen LogP contribution in [0.4, 0.5) is 17.1 Å². The quantitative estimate of drug-likeness (QED) is 0.122. The van der Waals surface area contributed by atoms with Gasteiger partial charge in [-0.15, -0.1) is 11.3 Å². The van der Waals surface area contributed by atoms with Gasteiger partial charge in [0.05, 0.1) is 23.3 Å². The molecule has 0 amide bonds. The van der Waals surface area contributed by atoms with Gasteiger partial charge in [-0.25, -0.2) is 4.99 Å². The molecule has 0 radical (unpaired) electrons. The van der Waals surface area contributed by atoms with Crippen LogP contribution in [0.1, 0.15) is 62.7 Å². The lowest BCUT2D eigenvalue weighted by Gasteiger charge is -2.45. The normalized spacial score (nSPS) is 15.5. The molecule has 1 aromatic heterocycles. The topological polar surface area (TPSA) is 54.0 Å². The summed E-state index contributed by atoms with van der Waals surface area (Å²) in [6, 6.07) is 64.5. The average Bonchev–Trinajstić information content (AvgIpc) is 3.86. The van der Waals surface area contributed by atoms with Crippen molar-refractivity contribution < 1.29 is 0 Å². The van der Waals surface area contributed by atoms with Crippen LogP contribution in [0.3, 0.4) is 0 Å². The van der Waals surface area contributed by atoms with Crippen molar-refractivity contribution >= 4 is 61.8 Å². The SMILES string of the molecule is C/C=C\C1=C(/C=C/C2=Cc3sc4ccccc4c3CC2)c2c(C(N)=NC(=NCc3ccccc3)c3ccccc3)cccc2C12c1ccccc1N(c1ccccc1)c1ccccc12. The molecule has 308 valence electrons. The van der Waals surface area contributed by atoms with Crippen molar-refractivity contribution in [3.63, 3.8) is 0 Å². The van der Waals surface area contributed by atoms with E-state index in [0.29, 0.717) is 18.2 Å². The van der Waals surface area contributed by atoms with Gasteiger partial charge in [-0.2, -0.15) is 0 Å². The predicted molar refractivity (Wildman–Crippen MR) is 270 cm³/mol. The minimum absolute atomic E-state index is 0.422. The molecule has 5 heteroatoms. The number of benzene rings is 7. The largest absolute Gasteiger partial charge is 0.383 e. The first-order chi connectivity index (χ1) is 31.6. The van der Waals surface area contributed by atoms with Crippen molar-refractivity contribution in [2.45, 2.75) is 31.7 Å². The van der Waals surface area contributed by atoms with E-state index >= 15 is 0 Å². The van der Waals surface area contributed by atoms with E-state index in [2.05, 4.69) is 188 Å². The first-order valence-corrected chi connectivity index (χ1v) is 22.9. The van der Waals surface area contributed by atoms with Gasteiger partial charge in [0.25, 0.3) is 0 Å². The highest BCUT2D eigenvalue weighted by Gasteiger charge is 2.52. The number of hydrogen-bond donors (Lipinski definition) is 1. The fourth-order valence-electron chi connectivity index (χ4n) is 10.1. The van der Waals surface area contributed by atoms with Gasteiger partial charge in [0, 0.05) is 26.4 Å². The minimum Gasteiger partial charge on any atom is -0.383 e. The summed E-state index contributed by atoms with van der Waals surface area (Å²) in [5, 5.41) is 1.38. The smallest absolute Gasteiger partial charge is 0.157 e. The number of allylic oxidation sites excluding steroid dienone is 7. The third-order valence-electron chi connectivity index (χ3n) is 12.8. The highest BCUT2D eigenvalue weighted by molar-refractivity contribution is 7.20. The van der Waals surface area contributed by atoms with Crippen LogP contribution in [0.25, 0.3) is 21.7 Å². The summed E-state index contributed by atoms with van der Waals surface area (Å²) in [5.41, 5.74) is 22.8.